The molecule has 2 aromatic heterocycles. The summed E-state index contributed by atoms with van der Waals surface area (Å²) < 4.78 is 7.64. The Morgan fingerprint density at radius 1 is 0.968 bits per heavy atom. The summed E-state index contributed by atoms with van der Waals surface area (Å²) in [5, 5.41) is 11.2. The molecule has 0 saturated carbocycles. The van der Waals surface area contributed by atoms with Crippen molar-refractivity contribution >= 4 is 11.6 Å². The van der Waals surface area contributed by atoms with E-state index in [1.807, 2.05) is 48.7 Å². The zero-order chi connectivity index (χ0) is 21.8. The average Bonchev–Trinajstić information content (AvgIpc) is 3.14. The lowest BCUT2D eigenvalue weighted by molar-refractivity contribution is 0.102. The van der Waals surface area contributed by atoms with Crippen molar-refractivity contribution in [2.45, 2.75) is 27.2 Å². The van der Waals surface area contributed by atoms with E-state index >= 15 is 0 Å². The molecule has 31 heavy (non-hydrogen) atoms. The number of carbonyl (C=O) groups is 1. The van der Waals surface area contributed by atoms with Crippen LogP contribution in [0.4, 0.5) is 5.69 Å². The Morgan fingerprint density at radius 3 is 2.29 bits per heavy atom. The molecule has 0 radical (unpaired) electrons. The van der Waals surface area contributed by atoms with Crippen molar-refractivity contribution in [3.8, 4) is 17.4 Å². The summed E-state index contributed by atoms with van der Waals surface area (Å²) in [6.45, 7) is 6.01. The molecule has 4 aromatic rings. The van der Waals surface area contributed by atoms with Gasteiger partial charge < -0.3 is 10.1 Å². The predicted octanol–water partition coefficient (Wildman–Crippen LogP) is 4.89. The number of aromatic nitrogens is 4. The lowest BCUT2D eigenvalue weighted by Crippen LogP contribution is -2.11. The molecule has 0 fully saturated rings. The summed E-state index contributed by atoms with van der Waals surface area (Å²) in [7, 11) is 0. The second-order valence-electron chi connectivity index (χ2n) is 7.15. The fourth-order valence-electron chi connectivity index (χ4n) is 3.05. The molecule has 0 bridgehead atoms. The largest absolute Gasteiger partial charge is 0.438 e. The van der Waals surface area contributed by atoms with Gasteiger partial charge in [-0.25, -0.2) is 4.98 Å². The quantitative estimate of drug-likeness (QED) is 0.487. The van der Waals surface area contributed by atoms with E-state index in [-0.39, 0.29) is 5.91 Å². The number of carbonyl (C=O) groups excluding carboxylic acids is 1. The Labute approximate surface area is 180 Å². The maximum Gasteiger partial charge on any atom is 0.255 e. The molecule has 7 heteroatoms. The zero-order valence-electron chi connectivity index (χ0n) is 17.7. The SMILES string of the molecule is CCc1ccc(C(=O)Nc2ccc(Oc3ccc(-n4cnc(C)c4C)nn3)cc2)cc1. The topological polar surface area (TPSA) is 81.9 Å². The van der Waals surface area contributed by atoms with Crippen LogP contribution >= 0.6 is 0 Å². The smallest absolute Gasteiger partial charge is 0.255 e. The van der Waals surface area contributed by atoms with Crippen LogP contribution in [-0.2, 0) is 6.42 Å². The normalized spacial score (nSPS) is 10.7. The number of amides is 1. The van der Waals surface area contributed by atoms with E-state index in [0.29, 0.717) is 28.7 Å². The number of nitrogens with one attached hydrogen (secondary N) is 1. The number of ether oxygens (including phenoxy) is 1. The number of rotatable bonds is 6. The van der Waals surface area contributed by atoms with Crippen LogP contribution < -0.4 is 10.1 Å². The van der Waals surface area contributed by atoms with E-state index < -0.39 is 0 Å². The van der Waals surface area contributed by atoms with Crippen molar-refractivity contribution in [1.82, 2.24) is 19.7 Å². The predicted molar refractivity (Wildman–Crippen MR) is 119 cm³/mol. The molecule has 1 amide bonds. The molecule has 0 aliphatic rings. The first-order valence-corrected chi connectivity index (χ1v) is 10.1. The van der Waals surface area contributed by atoms with Crippen LogP contribution in [0.25, 0.3) is 5.82 Å². The van der Waals surface area contributed by atoms with Gasteiger partial charge in [0.1, 0.15) is 12.1 Å². The minimum absolute atomic E-state index is 0.150. The minimum atomic E-state index is -0.150. The van der Waals surface area contributed by atoms with Gasteiger partial charge in [-0.3, -0.25) is 9.36 Å². The van der Waals surface area contributed by atoms with Gasteiger partial charge in [0.2, 0.25) is 5.88 Å². The number of benzene rings is 2. The summed E-state index contributed by atoms with van der Waals surface area (Å²) in [4.78, 5) is 16.7. The van der Waals surface area contributed by atoms with Gasteiger partial charge in [-0.1, -0.05) is 19.1 Å². The minimum Gasteiger partial charge on any atom is -0.438 e. The highest BCUT2D eigenvalue weighted by Gasteiger charge is 2.08. The molecule has 7 nitrogen and oxygen atoms in total. The molecule has 0 aliphatic heterocycles. The first-order chi connectivity index (χ1) is 15.0. The highest BCUT2D eigenvalue weighted by Crippen LogP contribution is 2.22. The third-order valence-corrected chi connectivity index (χ3v) is 5.08. The fraction of sp³-hybridized carbons (Fsp3) is 0.167. The molecule has 2 aromatic carbocycles. The third kappa shape index (κ3) is 4.61. The standard InChI is InChI=1S/C24H23N5O2/c1-4-18-5-7-19(8-6-18)24(30)26-20-9-11-21(12-10-20)31-23-14-13-22(27-28-23)29-15-25-16(2)17(29)3/h5-15H,4H2,1-3H3,(H,26,30). The fourth-order valence-corrected chi connectivity index (χ4v) is 3.05. The Balaban J connectivity index is 1.39. The molecular weight excluding hydrogens is 390 g/mol. The maximum atomic E-state index is 12.4. The second kappa shape index (κ2) is 8.79. The summed E-state index contributed by atoms with van der Waals surface area (Å²) in [5.74, 6) is 1.51. The van der Waals surface area contributed by atoms with E-state index in [1.165, 1.54) is 5.56 Å². The molecule has 0 atom stereocenters. The van der Waals surface area contributed by atoms with Crippen molar-refractivity contribution in [2.75, 3.05) is 5.32 Å². The zero-order valence-corrected chi connectivity index (χ0v) is 17.7. The second-order valence-corrected chi connectivity index (χ2v) is 7.15. The van der Waals surface area contributed by atoms with Gasteiger partial charge in [0.05, 0.1) is 5.69 Å². The van der Waals surface area contributed by atoms with Gasteiger partial charge >= 0.3 is 0 Å². The highest BCUT2D eigenvalue weighted by molar-refractivity contribution is 6.04. The van der Waals surface area contributed by atoms with Crippen LogP contribution in [0.2, 0.25) is 0 Å². The van der Waals surface area contributed by atoms with Crippen molar-refractivity contribution in [2.24, 2.45) is 0 Å². The Kier molecular flexibility index (Phi) is 5.75. The van der Waals surface area contributed by atoms with Crippen molar-refractivity contribution < 1.29 is 9.53 Å². The van der Waals surface area contributed by atoms with E-state index in [1.54, 1.807) is 36.7 Å². The average molecular weight is 413 g/mol. The summed E-state index contributed by atoms with van der Waals surface area (Å²) in [6, 6.07) is 18.3. The van der Waals surface area contributed by atoms with Crippen molar-refractivity contribution in [3.63, 3.8) is 0 Å². The van der Waals surface area contributed by atoms with Crippen LogP contribution in [0, 0.1) is 13.8 Å². The first kappa shape index (κ1) is 20.3. The van der Waals surface area contributed by atoms with Gasteiger partial charge in [0.15, 0.2) is 5.82 Å². The van der Waals surface area contributed by atoms with Crippen LogP contribution in [0.3, 0.4) is 0 Å². The Hall–Kier alpha value is -4.00. The lowest BCUT2D eigenvalue weighted by atomic mass is 10.1. The molecule has 0 spiro atoms. The number of hydrogen-bond donors (Lipinski definition) is 1. The van der Waals surface area contributed by atoms with E-state index in [0.717, 1.165) is 17.8 Å². The van der Waals surface area contributed by atoms with Crippen molar-refractivity contribution in [3.05, 3.63) is 89.5 Å². The Bertz CT molecular complexity index is 1180. The van der Waals surface area contributed by atoms with Gasteiger partial charge in [-0.05, 0) is 68.3 Å². The van der Waals surface area contributed by atoms with E-state index in [9.17, 15) is 4.79 Å². The van der Waals surface area contributed by atoms with Crippen molar-refractivity contribution in [1.29, 1.82) is 0 Å². The molecule has 0 saturated heterocycles. The van der Waals surface area contributed by atoms with Crippen LogP contribution in [0.1, 0.15) is 34.2 Å². The Morgan fingerprint density at radius 2 is 1.71 bits per heavy atom. The van der Waals surface area contributed by atoms with Gasteiger partial charge in [-0.2, -0.15) is 0 Å². The number of hydrogen-bond acceptors (Lipinski definition) is 5. The highest BCUT2D eigenvalue weighted by atomic mass is 16.5. The molecule has 0 aliphatic carbocycles. The maximum absolute atomic E-state index is 12.4. The van der Waals surface area contributed by atoms with Gasteiger partial charge in [0.25, 0.3) is 5.91 Å². The lowest BCUT2D eigenvalue weighted by Gasteiger charge is -2.08. The number of nitrogens with zero attached hydrogens (tertiary/aromatic N) is 4. The number of anilines is 1. The summed E-state index contributed by atoms with van der Waals surface area (Å²) >= 11 is 0. The summed E-state index contributed by atoms with van der Waals surface area (Å²) in [6.07, 6.45) is 2.67. The monoisotopic (exact) mass is 413 g/mol. The van der Waals surface area contributed by atoms with Gasteiger partial charge in [-0.15, -0.1) is 10.2 Å². The number of imidazole rings is 1. The molecule has 4 rings (SSSR count). The molecule has 1 N–H and O–H groups in total. The summed E-state index contributed by atoms with van der Waals surface area (Å²) in [5.41, 5.74) is 4.47. The molecule has 2 heterocycles. The van der Waals surface area contributed by atoms with Gasteiger partial charge in [0, 0.05) is 23.0 Å². The third-order valence-electron chi connectivity index (χ3n) is 5.08. The molecular formula is C24H23N5O2. The van der Waals surface area contributed by atoms with E-state index in [2.05, 4.69) is 27.4 Å². The van der Waals surface area contributed by atoms with E-state index in [4.69, 9.17) is 4.74 Å². The van der Waals surface area contributed by atoms with Crippen LogP contribution in [0.15, 0.2) is 67.0 Å². The molecule has 0 unspecified atom stereocenters. The van der Waals surface area contributed by atoms with Crippen LogP contribution in [0.5, 0.6) is 11.6 Å². The first-order valence-electron chi connectivity index (χ1n) is 10.1. The molecule has 156 valence electrons. The van der Waals surface area contributed by atoms with Crippen LogP contribution in [-0.4, -0.2) is 25.7 Å². The number of aryl methyl sites for hydroxylation is 2.